The Morgan fingerprint density at radius 1 is 1.00 bits per heavy atom. The van der Waals surface area contributed by atoms with Gasteiger partial charge in [-0.2, -0.15) is 0 Å². The van der Waals surface area contributed by atoms with Gasteiger partial charge >= 0.3 is 0 Å². The van der Waals surface area contributed by atoms with Crippen molar-refractivity contribution in [2.24, 2.45) is 0 Å². The van der Waals surface area contributed by atoms with Crippen LogP contribution in [0.3, 0.4) is 0 Å². The molecule has 0 atom stereocenters. The van der Waals surface area contributed by atoms with Crippen molar-refractivity contribution >= 4 is 0 Å². The van der Waals surface area contributed by atoms with E-state index >= 15 is 0 Å². The van der Waals surface area contributed by atoms with Crippen LogP contribution in [0.1, 0.15) is 0 Å². The zero-order valence-corrected chi connectivity index (χ0v) is 21.4. The van der Waals surface area contributed by atoms with Gasteiger partial charge in [0.2, 0.25) is 0 Å². The molecule has 0 nitrogen and oxygen atoms in total. The first-order valence-corrected chi connectivity index (χ1v) is 0. The molecule has 0 amide bonds. The fourth-order valence-corrected chi connectivity index (χ4v) is 0. The van der Waals surface area contributed by atoms with Gasteiger partial charge < -0.3 is 0 Å². The maximum atomic E-state index is 0. The molecule has 0 rings (SSSR count). The van der Waals surface area contributed by atoms with E-state index in [1.54, 1.807) is 0 Å². The Bertz CT molecular complexity index is 24.0. The summed E-state index contributed by atoms with van der Waals surface area (Å²) in [5, 5.41) is 0. The van der Waals surface area contributed by atoms with E-state index in [4.69, 9.17) is 0 Å². The first-order chi connectivity index (χ1) is 0. The largest absolute Gasteiger partial charge is 0 e. The van der Waals surface area contributed by atoms with Gasteiger partial charge in [-0.15, -0.1) is 0 Å². The van der Waals surface area contributed by atoms with E-state index in [0.29, 0.717) is 0 Å². The molecule has 8 heteroatoms. The van der Waals surface area contributed by atoms with Gasteiger partial charge in [0.05, 0.1) is 0 Å². The second kappa shape index (κ2) is 53.2. The van der Waals surface area contributed by atoms with Crippen molar-refractivity contribution in [3.05, 3.63) is 0 Å². The van der Waals surface area contributed by atoms with Crippen LogP contribution in [0.4, 0.5) is 0 Å². The second-order valence-electron chi connectivity index (χ2n) is 0. The summed E-state index contributed by atoms with van der Waals surface area (Å²) in [6, 6.07) is 0. The predicted molar refractivity (Wildman–Crippen MR) is 0 cm³/mol. The summed E-state index contributed by atoms with van der Waals surface area (Å²) >= 11 is 0. The van der Waals surface area contributed by atoms with E-state index in [-0.39, 0.29) is 176 Å². The minimum absolute atomic E-state index is 0. The van der Waals surface area contributed by atoms with Crippen molar-refractivity contribution in [3.63, 3.8) is 0 Å². The standard InChI is InChI=1S/Cr.Hf.Mo.Nb.Ta.Ti.V.Zr. The zero-order valence-electron chi connectivity index (χ0n) is 3.66. The number of hydrogen-bond donors (Lipinski definition) is 0. The maximum absolute atomic E-state index is 0. The Labute approximate surface area is 171 Å². The van der Waals surface area contributed by atoms with E-state index in [1.807, 2.05) is 0 Å². The Morgan fingerprint density at radius 2 is 1.00 bits per heavy atom. The van der Waals surface area contributed by atoms with Crippen LogP contribution in [0.25, 0.3) is 0 Å². The van der Waals surface area contributed by atoms with Crippen molar-refractivity contribution < 1.29 is 176 Å². The molecule has 0 aliphatic rings. The molecule has 0 aliphatic carbocycles. The third kappa shape index (κ3) is 41.1. The first-order valence-electron chi connectivity index (χ1n) is 0. The van der Waals surface area contributed by atoms with Gasteiger partial charge in [0.1, 0.15) is 0 Å². The summed E-state index contributed by atoms with van der Waals surface area (Å²) in [6.07, 6.45) is 0. The quantitative estimate of drug-likeness (QED) is 0.304. The summed E-state index contributed by atoms with van der Waals surface area (Å²) in [5.41, 5.74) is 0. The SMILES string of the molecule is [Cr].[Hf].[Mo].[Nb].[Ta].[Ti].[V].[Zr]. The predicted octanol–water partition coefficient (Wildman–Crippen LogP) is -0.0200. The molecule has 0 bridgehead atoms. The molecule has 0 heterocycles. The molecule has 0 spiro atoms. The van der Waals surface area contributed by atoms with Crippen LogP contribution in [-0.2, 0) is 176 Å². The second-order valence-corrected chi connectivity index (χ2v) is 0. The van der Waals surface area contributed by atoms with Gasteiger partial charge in [0, 0.05) is 176 Å². The third-order valence-electron chi connectivity index (χ3n) is 0. The maximum Gasteiger partial charge on any atom is 0 e. The Hall–Kier alpha value is 5.75. The number of rotatable bonds is 0. The Kier molecular flexibility index (Phi) is 450. The molecule has 0 saturated carbocycles. The molecule has 3 radical (unpaired) electrons. The molecule has 0 aromatic heterocycles. The molecular weight excluding hydrogens is 790 g/mol. The van der Waals surface area contributed by atoms with Crippen LogP contribution < -0.4 is 0 Å². The average Bonchev–Trinajstić information content (AvgIpc) is 0. The van der Waals surface area contributed by atoms with Crippen LogP contribution in [0.5, 0.6) is 0 Å². The Morgan fingerprint density at radius 3 is 1.00 bits per heavy atom. The zero-order chi connectivity index (χ0) is 0. The molecule has 0 fully saturated rings. The average molecular weight is 790 g/mol. The van der Waals surface area contributed by atoms with Crippen LogP contribution in [0.2, 0.25) is 0 Å². The van der Waals surface area contributed by atoms with Crippen LogP contribution in [0, 0.1) is 0 Å². The van der Waals surface area contributed by atoms with Crippen molar-refractivity contribution in [1.29, 1.82) is 0 Å². The van der Waals surface area contributed by atoms with Crippen molar-refractivity contribution in [2.75, 3.05) is 0 Å². The fraction of sp³-hybridized carbons (Fsp3) is 0. The van der Waals surface area contributed by atoms with E-state index in [0.717, 1.165) is 0 Å². The third-order valence-corrected chi connectivity index (χ3v) is 0. The molecule has 0 N–H and O–H groups in total. The van der Waals surface area contributed by atoms with Gasteiger partial charge in [-0.1, -0.05) is 0 Å². The summed E-state index contributed by atoms with van der Waals surface area (Å²) in [6.45, 7) is 0. The normalized spacial score (nSPS) is 0. The van der Waals surface area contributed by atoms with Gasteiger partial charge in [0.25, 0.3) is 0 Å². The molecule has 0 unspecified atom stereocenters. The van der Waals surface area contributed by atoms with E-state index in [1.165, 1.54) is 0 Å². The van der Waals surface area contributed by atoms with Crippen LogP contribution >= 0.6 is 0 Å². The summed E-state index contributed by atoms with van der Waals surface area (Å²) in [7, 11) is 0. The molecule has 8 heavy (non-hydrogen) atoms. The van der Waals surface area contributed by atoms with E-state index in [9.17, 15) is 0 Å². The summed E-state index contributed by atoms with van der Waals surface area (Å²) < 4.78 is 0. The van der Waals surface area contributed by atoms with E-state index in [2.05, 4.69) is 0 Å². The van der Waals surface area contributed by atoms with Gasteiger partial charge in [0.15, 0.2) is 0 Å². The van der Waals surface area contributed by atoms with E-state index < -0.39 is 0 Å². The Balaban J connectivity index is 0. The minimum Gasteiger partial charge on any atom is 0 e. The van der Waals surface area contributed by atoms with Gasteiger partial charge in [-0.25, -0.2) is 0 Å². The van der Waals surface area contributed by atoms with Crippen LogP contribution in [0.15, 0.2) is 0 Å². The van der Waals surface area contributed by atoms with Crippen molar-refractivity contribution in [2.45, 2.75) is 0 Å². The topological polar surface area (TPSA) is 0 Å². The molecule has 0 aromatic rings. The van der Waals surface area contributed by atoms with Crippen molar-refractivity contribution in [3.8, 4) is 0 Å². The van der Waals surface area contributed by atoms with Crippen molar-refractivity contribution in [1.82, 2.24) is 0 Å². The molecule has 0 aromatic carbocycles. The minimum atomic E-state index is 0. The van der Waals surface area contributed by atoms with Crippen LogP contribution in [-0.4, -0.2) is 0 Å². The monoisotopic (exact) mass is 792 g/mol. The fourth-order valence-electron chi connectivity index (χ4n) is 0. The molecule has 0 saturated heterocycles. The van der Waals surface area contributed by atoms with Gasteiger partial charge in [-0.3, -0.25) is 0 Å². The first kappa shape index (κ1) is 67.6. The number of hydrogen-bond acceptors (Lipinski definition) is 0. The van der Waals surface area contributed by atoms with Gasteiger partial charge in [-0.05, 0) is 0 Å². The molecule has 39 valence electrons. The smallest absolute Gasteiger partial charge is 0 e. The summed E-state index contributed by atoms with van der Waals surface area (Å²) in [4.78, 5) is 0. The molecule has 0 aliphatic heterocycles. The molecular formula is CrHfMoNbTaTiVZr. The summed E-state index contributed by atoms with van der Waals surface area (Å²) in [5.74, 6) is 0.